The third-order valence-corrected chi connectivity index (χ3v) is 3.02. The fraction of sp³-hybridized carbons (Fsp3) is 0.500. The summed E-state index contributed by atoms with van der Waals surface area (Å²) in [7, 11) is 2.12. The van der Waals surface area contributed by atoms with Crippen LogP contribution in [0.1, 0.15) is 17.3 Å². The minimum atomic E-state index is 0.0852. The number of hydrogen-bond donors (Lipinski definition) is 0. The third-order valence-electron chi connectivity index (χ3n) is 3.02. The molecule has 0 bridgehead atoms. The molecule has 16 heavy (non-hydrogen) atoms. The van der Waals surface area contributed by atoms with Crippen molar-refractivity contribution >= 4 is 11.5 Å². The molecule has 2 heterocycles. The molecular weight excluding hydrogens is 202 g/mol. The number of carbonyl (C=O) groups excluding carboxylic acids is 1. The fourth-order valence-corrected chi connectivity index (χ4v) is 1.98. The predicted octanol–water partition coefficient (Wildman–Crippen LogP) is 1.04. The molecule has 2 rings (SSSR count). The smallest absolute Gasteiger partial charge is 0.163 e. The summed E-state index contributed by atoms with van der Waals surface area (Å²) in [6.45, 7) is 5.62. The van der Waals surface area contributed by atoms with Gasteiger partial charge in [0, 0.05) is 38.6 Å². The van der Waals surface area contributed by atoms with Gasteiger partial charge in [0.05, 0.1) is 11.3 Å². The van der Waals surface area contributed by atoms with Gasteiger partial charge >= 0.3 is 0 Å². The van der Waals surface area contributed by atoms with Crippen molar-refractivity contribution in [2.24, 2.45) is 0 Å². The third kappa shape index (κ3) is 2.22. The Hall–Kier alpha value is -1.42. The van der Waals surface area contributed by atoms with Gasteiger partial charge in [0.15, 0.2) is 5.78 Å². The van der Waals surface area contributed by atoms with E-state index in [1.54, 1.807) is 19.3 Å². The van der Waals surface area contributed by atoms with Gasteiger partial charge in [-0.2, -0.15) is 0 Å². The maximum absolute atomic E-state index is 11.5. The quantitative estimate of drug-likeness (QED) is 0.696. The van der Waals surface area contributed by atoms with E-state index in [1.165, 1.54) is 0 Å². The number of piperazine rings is 1. The number of nitrogens with zero attached hydrogens (tertiary/aromatic N) is 3. The number of anilines is 1. The van der Waals surface area contributed by atoms with Crippen LogP contribution in [0.25, 0.3) is 0 Å². The Kier molecular flexibility index (Phi) is 3.19. The standard InChI is InChI=1S/C12H17N3O/c1-10(16)11-9-13-4-3-12(11)15-7-5-14(2)6-8-15/h3-4,9H,5-8H2,1-2H3. The summed E-state index contributed by atoms with van der Waals surface area (Å²) in [5.74, 6) is 0.0852. The zero-order valence-corrected chi connectivity index (χ0v) is 9.81. The molecule has 1 aromatic rings. The van der Waals surface area contributed by atoms with Crippen molar-refractivity contribution in [3.63, 3.8) is 0 Å². The maximum Gasteiger partial charge on any atom is 0.163 e. The van der Waals surface area contributed by atoms with Crippen LogP contribution < -0.4 is 4.90 Å². The summed E-state index contributed by atoms with van der Waals surface area (Å²) in [4.78, 5) is 20.1. The van der Waals surface area contributed by atoms with E-state index in [4.69, 9.17) is 0 Å². The average Bonchev–Trinajstić information content (AvgIpc) is 2.30. The van der Waals surface area contributed by atoms with Crippen LogP contribution in [-0.4, -0.2) is 48.9 Å². The number of pyridine rings is 1. The highest BCUT2D eigenvalue weighted by atomic mass is 16.1. The molecule has 0 atom stereocenters. The van der Waals surface area contributed by atoms with Crippen molar-refractivity contribution in [1.82, 2.24) is 9.88 Å². The molecule has 0 spiro atoms. The van der Waals surface area contributed by atoms with Crippen LogP contribution in [0.3, 0.4) is 0 Å². The lowest BCUT2D eigenvalue weighted by atomic mass is 10.1. The van der Waals surface area contributed by atoms with Gasteiger partial charge in [-0.05, 0) is 20.0 Å². The largest absolute Gasteiger partial charge is 0.368 e. The van der Waals surface area contributed by atoms with E-state index in [1.807, 2.05) is 6.07 Å². The molecule has 1 fully saturated rings. The van der Waals surface area contributed by atoms with Crippen LogP contribution in [0.5, 0.6) is 0 Å². The molecule has 86 valence electrons. The first kappa shape index (κ1) is 11.1. The topological polar surface area (TPSA) is 36.4 Å². The van der Waals surface area contributed by atoms with Crippen LogP contribution >= 0.6 is 0 Å². The first-order chi connectivity index (χ1) is 7.68. The molecule has 0 N–H and O–H groups in total. The molecule has 0 saturated carbocycles. The van der Waals surface area contributed by atoms with Gasteiger partial charge < -0.3 is 9.80 Å². The Balaban J connectivity index is 2.23. The number of aromatic nitrogens is 1. The van der Waals surface area contributed by atoms with Gasteiger partial charge in [-0.25, -0.2) is 0 Å². The fourth-order valence-electron chi connectivity index (χ4n) is 1.98. The van der Waals surface area contributed by atoms with Crippen molar-refractivity contribution in [2.45, 2.75) is 6.92 Å². The highest BCUT2D eigenvalue weighted by molar-refractivity contribution is 5.99. The lowest BCUT2D eigenvalue weighted by Gasteiger charge is -2.34. The minimum absolute atomic E-state index is 0.0852. The van der Waals surface area contributed by atoms with Gasteiger partial charge in [-0.1, -0.05) is 0 Å². The van der Waals surface area contributed by atoms with Gasteiger partial charge in [0.1, 0.15) is 0 Å². The number of Topliss-reactive ketones (excluding diaryl/α,β-unsaturated/α-hetero) is 1. The van der Waals surface area contributed by atoms with E-state index in [-0.39, 0.29) is 5.78 Å². The Morgan fingerprint density at radius 3 is 2.62 bits per heavy atom. The summed E-state index contributed by atoms with van der Waals surface area (Å²) in [6.07, 6.45) is 3.41. The Morgan fingerprint density at radius 2 is 2.00 bits per heavy atom. The highest BCUT2D eigenvalue weighted by Crippen LogP contribution is 2.20. The number of ketones is 1. The molecule has 1 aliphatic rings. The van der Waals surface area contributed by atoms with E-state index >= 15 is 0 Å². The molecule has 4 heteroatoms. The van der Waals surface area contributed by atoms with Gasteiger partial charge in [-0.3, -0.25) is 9.78 Å². The first-order valence-electron chi connectivity index (χ1n) is 5.57. The summed E-state index contributed by atoms with van der Waals surface area (Å²) < 4.78 is 0. The Labute approximate surface area is 95.9 Å². The SMILES string of the molecule is CC(=O)c1cnccc1N1CCN(C)CC1. The maximum atomic E-state index is 11.5. The molecule has 0 radical (unpaired) electrons. The minimum Gasteiger partial charge on any atom is -0.368 e. The summed E-state index contributed by atoms with van der Waals surface area (Å²) in [5, 5.41) is 0. The molecule has 0 unspecified atom stereocenters. The molecule has 1 saturated heterocycles. The molecule has 4 nitrogen and oxygen atoms in total. The monoisotopic (exact) mass is 219 g/mol. The Bertz CT molecular complexity index is 384. The summed E-state index contributed by atoms with van der Waals surface area (Å²) in [6, 6.07) is 1.93. The second kappa shape index (κ2) is 4.61. The Morgan fingerprint density at radius 1 is 1.31 bits per heavy atom. The molecule has 0 aromatic carbocycles. The summed E-state index contributed by atoms with van der Waals surface area (Å²) >= 11 is 0. The normalized spacial score (nSPS) is 17.5. The van der Waals surface area contributed by atoms with E-state index < -0.39 is 0 Å². The highest BCUT2D eigenvalue weighted by Gasteiger charge is 2.18. The van der Waals surface area contributed by atoms with Gasteiger partial charge in [0.25, 0.3) is 0 Å². The molecule has 1 aromatic heterocycles. The number of likely N-dealkylation sites (N-methyl/N-ethyl adjacent to an activating group) is 1. The number of hydrogen-bond acceptors (Lipinski definition) is 4. The predicted molar refractivity (Wildman–Crippen MR) is 64.0 cm³/mol. The molecule has 0 amide bonds. The second-order valence-electron chi connectivity index (χ2n) is 4.24. The van der Waals surface area contributed by atoms with Gasteiger partial charge in [-0.15, -0.1) is 0 Å². The molecule has 0 aliphatic carbocycles. The van der Waals surface area contributed by atoms with Crippen molar-refractivity contribution in [2.75, 3.05) is 38.1 Å². The van der Waals surface area contributed by atoms with Crippen LogP contribution in [-0.2, 0) is 0 Å². The summed E-state index contributed by atoms with van der Waals surface area (Å²) in [5.41, 5.74) is 1.75. The lowest BCUT2D eigenvalue weighted by molar-refractivity contribution is 0.101. The molecule has 1 aliphatic heterocycles. The second-order valence-corrected chi connectivity index (χ2v) is 4.24. The van der Waals surface area contributed by atoms with Crippen LogP contribution in [0.2, 0.25) is 0 Å². The van der Waals surface area contributed by atoms with Crippen molar-refractivity contribution < 1.29 is 4.79 Å². The number of rotatable bonds is 2. The number of carbonyl (C=O) groups is 1. The molecular formula is C12H17N3O. The zero-order chi connectivity index (χ0) is 11.5. The van der Waals surface area contributed by atoms with Gasteiger partial charge in [0.2, 0.25) is 0 Å². The van der Waals surface area contributed by atoms with E-state index in [9.17, 15) is 4.79 Å². The van der Waals surface area contributed by atoms with Crippen molar-refractivity contribution in [1.29, 1.82) is 0 Å². The zero-order valence-electron chi connectivity index (χ0n) is 9.81. The van der Waals surface area contributed by atoms with Crippen LogP contribution in [0, 0.1) is 0 Å². The average molecular weight is 219 g/mol. The van der Waals surface area contributed by atoms with Crippen molar-refractivity contribution in [3.8, 4) is 0 Å². The van der Waals surface area contributed by atoms with Crippen LogP contribution in [0.4, 0.5) is 5.69 Å². The van der Waals surface area contributed by atoms with E-state index in [0.29, 0.717) is 0 Å². The first-order valence-corrected chi connectivity index (χ1v) is 5.57. The van der Waals surface area contributed by atoms with Crippen molar-refractivity contribution in [3.05, 3.63) is 24.0 Å². The van der Waals surface area contributed by atoms with Crippen LogP contribution in [0.15, 0.2) is 18.5 Å². The van der Waals surface area contributed by atoms with E-state index in [2.05, 4.69) is 21.8 Å². The van der Waals surface area contributed by atoms with E-state index in [0.717, 1.165) is 37.4 Å². The lowest BCUT2D eigenvalue weighted by Crippen LogP contribution is -2.44.